The second-order valence-electron chi connectivity index (χ2n) is 1.97. The van der Waals surface area contributed by atoms with Crippen LogP contribution in [0.25, 0.3) is 0 Å². The largest absolute Gasteiger partial charge is 0.322 e. The molecule has 0 fully saturated rings. The lowest BCUT2D eigenvalue weighted by Gasteiger charge is -1.91. The van der Waals surface area contributed by atoms with Crippen LogP contribution in [-0.2, 0) is 7.05 Å². The molecule has 0 unspecified atom stereocenters. The summed E-state index contributed by atoms with van der Waals surface area (Å²) in [4.78, 5) is 3.89. The van der Waals surface area contributed by atoms with Crippen LogP contribution in [0.3, 0.4) is 0 Å². The average molecular weight is 156 g/mol. The van der Waals surface area contributed by atoms with Gasteiger partial charge in [0.2, 0.25) is 0 Å². The van der Waals surface area contributed by atoms with Crippen LogP contribution in [0, 0.1) is 18.3 Å². The van der Waals surface area contributed by atoms with E-state index in [-0.39, 0.29) is 5.15 Å². The summed E-state index contributed by atoms with van der Waals surface area (Å²) in [5.74, 6) is 0.751. The Morgan fingerprint density at radius 1 is 1.70 bits per heavy atom. The molecule has 3 nitrogen and oxygen atoms in total. The van der Waals surface area contributed by atoms with Gasteiger partial charge in [0.15, 0.2) is 10.8 Å². The number of rotatable bonds is 0. The van der Waals surface area contributed by atoms with Crippen LogP contribution in [0.1, 0.15) is 11.5 Å². The molecule has 0 atom stereocenters. The number of hydrogen-bond donors (Lipinski definition) is 0. The van der Waals surface area contributed by atoms with Crippen LogP contribution in [0.4, 0.5) is 0 Å². The molecule has 0 aromatic carbocycles. The average Bonchev–Trinajstić information content (AvgIpc) is 2.09. The van der Waals surface area contributed by atoms with E-state index in [4.69, 9.17) is 16.9 Å². The van der Waals surface area contributed by atoms with Crippen LogP contribution >= 0.6 is 11.6 Å². The van der Waals surface area contributed by atoms with Gasteiger partial charge in [-0.25, -0.2) is 4.98 Å². The van der Waals surface area contributed by atoms with E-state index in [1.807, 2.05) is 6.07 Å². The first-order valence-electron chi connectivity index (χ1n) is 2.75. The third-order valence-electron chi connectivity index (χ3n) is 1.38. The van der Waals surface area contributed by atoms with Crippen LogP contribution in [0.15, 0.2) is 0 Å². The van der Waals surface area contributed by atoms with Gasteiger partial charge in [-0.1, -0.05) is 11.6 Å². The summed E-state index contributed by atoms with van der Waals surface area (Å²) in [5.41, 5.74) is 0.416. The number of hydrogen-bond acceptors (Lipinski definition) is 2. The number of nitriles is 1. The Balaban J connectivity index is 3.37. The van der Waals surface area contributed by atoms with Crippen molar-refractivity contribution in [1.82, 2.24) is 9.55 Å². The van der Waals surface area contributed by atoms with E-state index in [9.17, 15) is 0 Å². The maximum absolute atomic E-state index is 8.52. The molecule has 0 saturated heterocycles. The maximum Gasteiger partial charge on any atom is 0.165 e. The van der Waals surface area contributed by atoms with Gasteiger partial charge in [-0.2, -0.15) is 5.26 Å². The number of imidazole rings is 1. The Morgan fingerprint density at radius 3 is 2.50 bits per heavy atom. The molecule has 0 bridgehead atoms. The molecule has 0 saturated carbocycles. The second kappa shape index (κ2) is 2.31. The van der Waals surface area contributed by atoms with Crippen LogP contribution < -0.4 is 0 Å². The van der Waals surface area contributed by atoms with Crippen LogP contribution in [-0.4, -0.2) is 9.55 Å². The fourth-order valence-corrected chi connectivity index (χ4v) is 0.983. The van der Waals surface area contributed by atoms with Crippen molar-refractivity contribution >= 4 is 11.6 Å². The highest BCUT2D eigenvalue weighted by molar-refractivity contribution is 6.30. The van der Waals surface area contributed by atoms with Crippen molar-refractivity contribution < 1.29 is 0 Å². The quantitative estimate of drug-likeness (QED) is 0.566. The van der Waals surface area contributed by atoms with Gasteiger partial charge < -0.3 is 4.57 Å². The smallest absolute Gasteiger partial charge is 0.165 e. The topological polar surface area (TPSA) is 41.6 Å². The van der Waals surface area contributed by atoms with Crippen LogP contribution in [0.5, 0.6) is 0 Å². The zero-order valence-electron chi connectivity index (χ0n) is 5.72. The van der Waals surface area contributed by atoms with Crippen LogP contribution in [0.2, 0.25) is 5.15 Å². The summed E-state index contributed by atoms with van der Waals surface area (Å²) < 4.78 is 1.66. The highest BCUT2D eigenvalue weighted by Gasteiger charge is 2.07. The SMILES string of the molecule is Cc1nc(Cl)c(C#N)n1C. The molecule has 10 heavy (non-hydrogen) atoms. The van der Waals surface area contributed by atoms with E-state index in [1.165, 1.54) is 0 Å². The molecule has 1 aromatic heterocycles. The molecule has 0 spiro atoms. The highest BCUT2D eigenvalue weighted by Crippen LogP contribution is 2.13. The Hall–Kier alpha value is -1.01. The minimum absolute atomic E-state index is 0.280. The summed E-state index contributed by atoms with van der Waals surface area (Å²) in [5, 5.41) is 8.80. The zero-order chi connectivity index (χ0) is 7.72. The van der Waals surface area contributed by atoms with Gasteiger partial charge in [0, 0.05) is 7.05 Å². The van der Waals surface area contributed by atoms with E-state index >= 15 is 0 Å². The lowest BCUT2D eigenvalue weighted by molar-refractivity contribution is 0.845. The maximum atomic E-state index is 8.52. The molecule has 1 rings (SSSR count). The van der Waals surface area contributed by atoms with Gasteiger partial charge in [0.05, 0.1) is 0 Å². The first kappa shape index (κ1) is 7.10. The van der Waals surface area contributed by atoms with Crippen molar-refractivity contribution in [1.29, 1.82) is 5.26 Å². The van der Waals surface area contributed by atoms with Gasteiger partial charge >= 0.3 is 0 Å². The van der Waals surface area contributed by atoms with Crippen molar-refractivity contribution in [2.45, 2.75) is 6.92 Å². The number of aryl methyl sites for hydroxylation is 1. The lowest BCUT2D eigenvalue weighted by Crippen LogP contribution is -1.93. The summed E-state index contributed by atoms with van der Waals surface area (Å²) in [7, 11) is 1.76. The monoisotopic (exact) mass is 155 g/mol. The number of nitrogens with zero attached hydrogens (tertiary/aromatic N) is 3. The van der Waals surface area contributed by atoms with Crippen molar-refractivity contribution in [3.8, 4) is 6.07 Å². The molecule has 0 aliphatic heterocycles. The van der Waals surface area contributed by atoms with Gasteiger partial charge in [-0.3, -0.25) is 0 Å². The molecule has 1 heterocycles. The predicted molar refractivity (Wildman–Crippen MR) is 37.7 cm³/mol. The number of aromatic nitrogens is 2. The fraction of sp³-hybridized carbons (Fsp3) is 0.333. The summed E-state index contributed by atoms with van der Waals surface area (Å²) in [6.07, 6.45) is 0. The molecule has 4 heteroatoms. The number of halogens is 1. The van der Waals surface area contributed by atoms with Gasteiger partial charge in [-0.05, 0) is 6.92 Å². The molecule has 52 valence electrons. The van der Waals surface area contributed by atoms with E-state index < -0.39 is 0 Å². The normalized spacial score (nSPS) is 9.40. The van der Waals surface area contributed by atoms with Crippen molar-refractivity contribution in [3.05, 3.63) is 16.7 Å². The Morgan fingerprint density at radius 2 is 2.30 bits per heavy atom. The summed E-state index contributed by atoms with van der Waals surface area (Å²) in [6, 6.07) is 1.95. The minimum atomic E-state index is 0.280. The van der Waals surface area contributed by atoms with Crippen molar-refractivity contribution in [2.75, 3.05) is 0 Å². The lowest BCUT2D eigenvalue weighted by atomic mass is 10.5. The fourth-order valence-electron chi connectivity index (χ4n) is 0.691. The zero-order valence-corrected chi connectivity index (χ0v) is 6.48. The van der Waals surface area contributed by atoms with E-state index in [2.05, 4.69) is 4.98 Å². The minimum Gasteiger partial charge on any atom is -0.322 e. The Bertz CT molecular complexity index is 295. The van der Waals surface area contributed by atoms with E-state index in [0.29, 0.717) is 5.69 Å². The summed E-state index contributed by atoms with van der Waals surface area (Å²) in [6.45, 7) is 1.80. The van der Waals surface area contributed by atoms with Gasteiger partial charge in [-0.15, -0.1) is 0 Å². The molecule has 0 aliphatic carbocycles. The van der Waals surface area contributed by atoms with Gasteiger partial charge in [0.25, 0.3) is 0 Å². The summed E-state index contributed by atoms with van der Waals surface area (Å²) >= 11 is 5.60. The third-order valence-corrected chi connectivity index (χ3v) is 1.65. The van der Waals surface area contributed by atoms with Crippen molar-refractivity contribution in [2.24, 2.45) is 7.05 Å². The molecular formula is C6H6ClN3. The third kappa shape index (κ3) is 0.869. The van der Waals surface area contributed by atoms with E-state index in [1.54, 1.807) is 18.5 Å². The highest BCUT2D eigenvalue weighted by atomic mass is 35.5. The standard InChI is InChI=1S/C6H6ClN3/c1-4-9-6(7)5(3-8)10(4)2/h1-2H3. The second-order valence-corrected chi connectivity index (χ2v) is 2.33. The molecular weight excluding hydrogens is 150 g/mol. The molecule has 0 radical (unpaired) electrons. The van der Waals surface area contributed by atoms with E-state index in [0.717, 1.165) is 5.82 Å². The van der Waals surface area contributed by atoms with Crippen molar-refractivity contribution in [3.63, 3.8) is 0 Å². The molecule has 0 N–H and O–H groups in total. The first-order valence-corrected chi connectivity index (χ1v) is 3.13. The molecule has 0 aliphatic rings. The first-order chi connectivity index (χ1) is 4.66. The Kier molecular flexibility index (Phi) is 1.64. The molecule has 1 aromatic rings. The Labute approximate surface area is 63.9 Å². The molecule has 0 amide bonds. The van der Waals surface area contributed by atoms with Gasteiger partial charge in [0.1, 0.15) is 11.9 Å². The predicted octanol–water partition coefficient (Wildman–Crippen LogP) is 1.25.